The average Bonchev–Trinajstić information content (AvgIpc) is 2.84. The fourth-order valence-electron chi connectivity index (χ4n) is 2.33. The molecular weight excluding hydrogens is 270 g/mol. The first-order chi connectivity index (χ1) is 7.25. The Labute approximate surface area is 104 Å². The number of hydrogen-bond donors (Lipinski definition) is 0. The van der Waals surface area contributed by atoms with E-state index in [9.17, 15) is 0 Å². The van der Waals surface area contributed by atoms with Crippen LogP contribution in [0.4, 0.5) is 0 Å². The van der Waals surface area contributed by atoms with Gasteiger partial charge in [0.05, 0.1) is 5.01 Å². The molecule has 1 aliphatic rings. The molecule has 0 amide bonds. The standard InChI is InChI=1S/C12H18BrNS/c1-9-8-15-12(14-9)7-6-11(13)10-4-2-3-5-10/h8,10-11H,2-7H2,1H3. The molecule has 0 radical (unpaired) electrons. The minimum atomic E-state index is 0.712. The van der Waals surface area contributed by atoms with E-state index in [-0.39, 0.29) is 0 Å². The average molecular weight is 288 g/mol. The fraction of sp³-hybridized carbons (Fsp3) is 0.750. The highest BCUT2D eigenvalue weighted by molar-refractivity contribution is 9.09. The van der Waals surface area contributed by atoms with Crippen LogP contribution in [-0.4, -0.2) is 9.81 Å². The topological polar surface area (TPSA) is 12.9 Å². The Morgan fingerprint density at radius 3 is 2.87 bits per heavy atom. The molecule has 1 aromatic rings. The molecule has 2 rings (SSSR count). The lowest BCUT2D eigenvalue weighted by atomic mass is 10.0. The van der Waals surface area contributed by atoms with Gasteiger partial charge in [-0.05, 0) is 32.1 Å². The molecule has 1 aliphatic carbocycles. The molecule has 1 saturated carbocycles. The highest BCUT2D eigenvalue weighted by Gasteiger charge is 2.22. The van der Waals surface area contributed by atoms with E-state index in [2.05, 4.69) is 33.2 Å². The second-order valence-electron chi connectivity index (χ2n) is 4.48. The first-order valence-electron chi connectivity index (χ1n) is 5.81. The van der Waals surface area contributed by atoms with Crippen molar-refractivity contribution in [3.05, 3.63) is 16.1 Å². The molecule has 1 fully saturated rings. The fourth-order valence-corrected chi connectivity index (χ4v) is 3.88. The Balaban J connectivity index is 1.77. The minimum absolute atomic E-state index is 0.712. The van der Waals surface area contributed by atoms with Crippen LogP contribution in [0.15, 0.2) is 5.38 Å². The molecule has 1 unspecified atom stereocenters. The number of aryl methyl sites for hydroxylation is 2. The Hall–Kier alpha value is 0.110. The summed E-state index contributed by atoms with van der Waals surface area (Å²) in [7, 11) is 0. The van der Waals surface area contributed by atoms with Gasteiger partial charge in [-0.2, -0.15) is 0 Å². The first-order valence-corrected chi connectivity index (χ1v) is 7.60. The monoisotopic (exact) mass is 287 g/mol. The third-order valence-electron chi connectivity index (χ3n) is 3.21. The van der Waals surface area contributed by atoms with Crippen molar-refractivity contribution in [2.75, 3.05) is 0 Å². The van der Waals surface area contributed by atoms with Gasteiger partial charge in [-0.25, -0.2) is 4.98 Å². The normalized spacial score (nSPS) is 19.6. The molecule has 1 atom stereocenters. The van der Waals surface area contributed by atoms with E-state index < -0.39 is 0 Å². The summed E-state index contributed by atoms with van der Waals surface area (Å²) >= 11 is 5.65. The van der Waals surface area contributed by atoms with Gasteiger partial charge in [-0.3, -0.25) is 0 Å². The van der Waals surface area contributed by atoms with Crippen LogP contribution in [-0.2, 0) is 6.42 Å². The van der Waals surface area contributed by atoms with Gasteiger partial charge in [-0.1, -0.05) is 28.8 Å². The second kappa shape index (κ2) is 5.44. The molecule has 0 aliphatic heterocycles. The predicted molar refractivity (Wildman–Crippen MR) is 69.8 cm³/mol. The SMILES string of the molecule is Cc1csc(CCC(Br)C2CCCC2)n1. The first kappa shape index (κ1) is 11.6. The molecule has 0 saturated heterocycles. The van der Waals surface area contributed by atoms with Crippen LogP contribution in [0.3, 0.4) is 0 Å². The van der Waals surface area contributed by atoms with Crippen molar-refractivity contribution in [3.63, 3.8) is 0 Å². The molecule has 0 aromatic carbocycles. The van der Waals surface area contributed by atoms with Crippen LogP contribution in [0.1, 0.15) is 42.8 Å². The van der Waals surface area contributed by atoms with Crippen molar-refractivity contribution in [3.8, 4) is 0 Å². The lowest BCUT2D eigenvalue weighted by Gasteiger charge is -2.15. The van der Waals surface area contributed by atoms with E-state index in [1.165, 1.54) is 42.8 Å². The van der Waals surface area contributed by atoms with Crippen molar-refractivity contribution < 1.29 is 0 Å². The molecule has 15 heavy (non-hydrogen) atoms. The highest BCUT2D eigenvalue weighted by Crippen LogP contribution is 2.33. The zero-order chi connectivity index (χ0) is 10.7. The van der Waals surface area contributed by atoms with E-state index in [0.717, 1.165) is 12.3 Å². The van der Waals surface area contributed by atoms with Gasteiger partial charge in [0.25, 0.3) is 0 Å². The van der Waals surface area contributed by atoms with Crippen LogP contribution in [0.25, 0.3) is 0 Å². The zero-order valence-corrected chi connectivity index (χ0v) is 11.6. The summed E-state index contributed by atoms with van der Waals surface area (Å²) in [5.74, 6) is 0.922. The summed E-state index contributed by atoms with van der Waals surface area (Å²) in [4.78, 5) is 5.22. The lowest BCUT2D eigenvalue weighted by Crippen LogP contribution is -2.11. The molecule has 1 nitrogen and oxygen atoms in total. The van der Waals surface area contributed by atoms with E-state index in [1.54, 1.807) is 11.3 Å². The van der Waals surface area contributed by atoms with Crippen molar-refractivity contribution in [2.45, 2.75) is 50.3 Å². The highest BCUT2D eigenvalue weighted by atomic mass is 79.9. The van der Waals surface area contributed by atoms with Gasteiger partial charge in [-0.15, -0.1) is 11.3 Å². The summed E-state index contributed by atoms with van der Waals surface area (Å²) in [5, 5.41) is 3.45. The number of thiazole rings is 1. The van der Waals surface area contributed by atoms with Crippen LogP contribution in [0, 0.1) is 12.8 Å². The molecular formula is C12H18BrNS. The Bertz CT molecular complexity index is 304. The lowest BCUT2D eigenvalue weighted by molar-refractivity contribution is 0.505. The maximum absolute atomic E-state index is 4.51. The summed E-state index contributed by atoms with van der Waals surface area (Å²) in [6.45, 7) is 2.07. The summed E-state index contributed by atoms with van der Waals surface area (Å²) in [6.07, 6.45) is 8.11. The van der Waals surface area contributed by atoms with Gasteiger partial charge >= 0.3 is 0 Å². The maximum Gasteiger partial charge on any atom is 0.0928 e. The quantitative estimate of drug-likeness (QED) is 0.751. The summed E-state index contributed by atoms with van der Waals surface area (Å²) in [5.41, 5.74) is 1.17. The molecule has 84 valence electrons. The molecule has 1 heterocycles. The predicted octanol–water partition coefficient (Wildman–Crippen LogP) is 4.34. The number of nitrogens with zero attached hydrogens (tertiary/aromatic N) is 1. The molecule has 0 bridgehead atoms. The van der Waals surface area contributed by atoms with Gasteiger partial charge < -0.3 is 0 Å². The smallest absolute Gasteiger partial charge is 0.0928 e. The van der Waals surface area contributed by atoms with Crippen molar-refractivity contribution in [2.24, 2.45) is 5.92 Å². The van der Waals surface area contributed by atoms with E-state index >= 15 is 0 Å². The number of alkyl halides is 1. The number of rotatable bonds is 4. The van der Waals surface area contributed by atoms with Crippen LogP contribution < -0.4 is 0 Å². The van der Waals surface area contributed by atoms with Crippen LogP contribution in [0.5, 0.6) is 0 Å². The van der Waals surface area contributed by atoms with E-state index in [0.29, 0.717) is 4.83 Å². The Morgan fingerprint density at radius 1 is 1.53 bits per heavy atom. The van der Waals surface area contributed by atoms with Gasteiger partial charge in [0.15, 0.2) is 0 Å². The molecule has 0 N–H and O–H groups in total. The summed E-state index contributed by atoms with van der Waals surface area (Å²) < 4.78 is 0. The Morgan fingerprint density at radius 2 is 2.27 bits per heavy atom. The molecule has 1 aromatic heterocycles. The van der Waals surface area contributed by atoms with Gasteiger partial charge in [0.1, 0.15) is 0 Å². The maximum atomic E-state index is 4.51. The third-order valence-corrected chi connectivity index (χ3v) is 5.44. The van der Waals surface area contributed by atoms with Gasteiger partial charge in [0.2, 0.25) is 0 Å². The molecule has 0 spiro atoms. The summed E-state index contributed by atoms with van der Waals surface area (Å²) in [6, 6.07) is 0. The second-order valence-corrected chi connectivity index (χ2v) is 6.60. The van der Waals surface area contributed by atoms with Crippen molar-refractivity contribution >= 4 is 27.3 Å². The van der Waals surface area contributed by atoms with Crippen molar-refractivity contribution in [1.29, 1.82) is 0 Å². The van der Waals surface area contributed by atoms with E-state index in [1.807, 2.05) is 0 Å². The van der Waals surface area contributed by atoms with E-state index in [4.69, 9.17) is 0 Å². The van der Waals surface area contributed by atoms with Crippen molar-refractivity contribution in [1.82, 2.24) is 4.98 Å². The van der Waals surface area contributed by atoms with Crippen LogP contribution >= 0.6 is 27.3 Å². The number of aromatic nitrogens is 1. The number of halogens is 1. The van der Waals surface area contributed by atoms with Gasteiger partial charge in [0, 0.05) is 22.3 Å². The largest absolute Gasteiger partial charge is 0.247 e. The Kier molecular flexibility index (Phi) is 4.21. The zero-order valence-electron chi connectivity index (χ0n) is 9.21. The minimum Gasteiger partial charge on any atom is -0.247 e. The number of hydrogen-bond acceptors (Lipinski definition) is 2. The third kappa shape index (κ3) is 3.28. The van der Waals surface area contributed by atoms with Crippen LogP contribution in [0.2, 0.25) is 0 Å². The molecule has 3 heteroatoms.